The van der Waals surface area contributed by atoms with E-state index in [4.69, 9.17) is 34.8 Å². The molecule has 0 aliphatic heterocycles. The fourth-order valence-electron chi connectivity index (χ4n) is 0.164. The highest BCUT2D eigenvalue weighted by atomic mass is 35.6. The van der Waals surface area contributed by atoms with Crippen LogP contribution in [0.15, 0.2) is 0 Å². The van der Waals surface area contributed by atoms with Crippen LogP contribution < -0.4 is 0 Å². The van der Waals surface area contributed by atoms with Gasteiger partial charge in [-0.05, 0) is 0 Å². The van der Waals surface area contributed by atoms with Crippen LogP contribution in [0.3, 0.4) is 0 Å². The van der Waals surface area contributed by atoms with Crippen molar-refractivity contribution in [3.8, 4) is 0 Å². The maximum absolute atomic E-state index is 5.26. The molecule has 0 radical (unpaired) electrons. The van der Waals surface area contributed by atoms with Gasteiger partial charge < -0.3 is 4.43 Å². The van der Waals surface area contributed by atoms with Gasteiger partial charge in [-0.25, -0.2) is 0 Å². The SMILES string of the molecule is [SiH3]OCC(Cl)(Cl)Cl. The third-order valence-corrected chi connectivity index (χ3v) is 0.924. The predicted octanol–water partition coefficient (Wildman–Crippen LogP) is 0.654. The minimum atomic E-state index is -1.22. The number of hydrogen-bond donors (Lipinski definition) is 0. The molecule has 0 saturated carbocycles. The fourth-order valence-corrected chi connectivity index (χ4v) is 1.47. The summed E-state index contributed by atoms with van der Waals surface area (Å²) in [6.45, 7) is 0.198. The van der Waals surface area contributed by atoms with Crippen LogP contribution in [0.2, 0.25) is 0 Å². The summed E-state index contributed by atoms with van der Waals surface area (Å²) < 4.78 is 3.43. The second-order valence-corrected chi connectivity index (χ2v) is 4.14. The minimum Gasteiger partial charge on any atom is -0.424 e. The molecule has 1 nitrogen and oxygen atoms in total. The Hall–Kier alpha value is 1.05. The first kappa shape index (κ1) is 8.05. The van der Waals surface area contributed by atoms with Crippen LogP contribution in [0.4, 0.5) is 0 Å². The summed E-state index contributed by atoms with van der Waals surface area (Å²) in [5, 5.41) is 0. The van der Waals surface area contributed by atoms with Gasteiger partial charge in [0.25, 0.3) is 0 Å². The van der Waals surface area contributed by atoms with Crippen molar-refractivity contribution in [2.24, 2.45) is 0 Å². The van der Waals surface area contributed by atoms with E-state index in [0.29, 0.717) is 10.5 Å². The van der Waals surface area contributed by atoms with E-state index in [-0.39, 0.29) is 6.61 Å². The average molecular weight is 180 g/mol. The number of alkyl halides is 3. The van der Waals surface area contributed by atoms with Gasteiger partial charge in [0.1, 0.15) is 10.5 Å². The Morgan fingerprint density at radius 2 is 1.86 bits per heavy atom. The molecule has 0 aliphatic carbocycles. The van der Waals surface area contributed by atoms with E-state index >= 15 is 0 Å². The lowest BCUT2D eigenvalue weighted by Crippen LogP contribution is -2.10. The molecule has 44 valence electrons. The van der Waals surface area contributed by atoms with Crippen LogP contribution in [0.1, 0.15) is 0 Å². The molecule has 0 saturated heterocycles. The lowest BCUT2D eigenvalue weighted by atomic mass is 10.9. The molecule has 0 aromatic heterocycles. The van der Waals surface area contributed by atoms with Crippen molar-refractivity contribution >= 4 is 45.3 Å². The molecule has 0 rings (SSSR count). The number of rotatable bonds is 1. The maximum Gasteiger partial charge on any atom is 0.212 e. The van der Waals surface area contributed by atoms with Gasteiger partial charge in [-0.3, -0.25) is 0 Å². The Kier molecular flexibility index (Phi) is 3.62. The van der Waals surface area contributed by atoms with E-state index in [9.17, 15) is 0 Å². The molecule has 0 unspecified atom stereocenters. The molecule has 7 heavy (non-hydrogen) atoms. The Morgan fingerprint density at radius 3 is 1.86 bits per heavy atom. The number of halogens is 3. The molecule has 0 atom stereocenters. The molecule has 0 amide bonds. The van der Waals surface area contributed by atoms with Gasteiger partial charge in [-0.1, -0.05) is 34.8 Å². The van der Waals surface area contributed by atoms with Gasteiger partial charge in [0, 0.05) is 0 Å². The molecule has 5 heteroatoms. The summed E-state index contributed by atoms with van der Waals surface area (Å²) in [6.07, 6.45) is 0. The summed E-state index contributed by atoms with van der Waals surface area (Å²) in [5.74, 6) is 0. The van der Waals surface area contributed by atoms with Crippen molar-refractivity contribution in [2.45, 2.75) is 3.79 Å². The molecular weight excluding hydrogens is 174 g/mol. The van der Waals surface area contributed by atoms with Crippen molar-refractivity contribution < 1.29 is 4.43 Å². The Labute approximate surface area is 60.4 Å². The average Bonchev–Trinajstić information content (AvgIpc) is 1.30. The maximum atomic E-state index is 5.26. The Balaban J connectivity index is 3.15. The highest BCUT2D eigenvalue weighted by Crippen LogP contribution is 2.25. The summed E-state index contributed by atoms with van der Waals surface area (Å²) in [5.41, 5.74) is 0. The van der Waals surface area contributed by atoms with Gasteiger partial charge in [0.05, 0.1) is 6.61 Å². The molecule has 0 aliphatic rings. The molecule has 0 aromatic carbocycles. The first-order valence-electron chi connectivity index (χ1n) is 1.62. The van der Waals surface area contributed by atoms with Crippen molar-refractivity contribution in [2.75, 3.05) is 6.61 Å². The zero-order chi connectivity index (χ0) is 5.91. The van der Waals surface area contributed by atoms with Gasteiger partial charge in [-0.15, -0.1) is 0 Å². The Morgan fingerprint density at radius 1 is 1.43 bits per heavy atom. The van der Waals surface area contributed by atoms with E-state index in [1.165, 1.54) is 0 Å². The van der Waals surface area contributed by atoms with E-state index in [1.54, 1.807) is 0 Å². The largest absolute Gasteiger partial charge is 0.424 e. The third-order valence-electron chi connectivity index (χ3n) is 0.308. The molecule has 0 aromatic rings. The van der Waals surface area contributed by atoms with Crippen molar-refractivity contribution in [1.29, 1.82) is 0 Å². The highest BCUT2D eigenvalue weighted by Gasteiger charge is 2.17. The molecule has 0 spiro atoms. The predicted molar refractivity (Wildman–Crippen MR) is 36.2 cm³/mol. The fraction of sp³-hybridized carbons (Fsp3) is 1.00. The molecule has 0 fully saturated rings. The lowest BCUT2D eigenvalue weighted by Gasteiger charge is -2.06. The summed E-state index contributed by atoms with van der Waals surface area (Å²) in [7, 11) is 0.617. The molecule has 0 bridgehead atoms. The van der Waals surface area contributed by atoms with Crippen molar-refractivity contribution in [1.82, 2.24) is 0 Å². The second-order valence-electron chi connectivity index (χ2n) is 1.05. The van der Waals surface area contributed by atoms with E-state index < -0.39 is 3.79 Å². The van der Waals surface area contributed by atoms with Crippen molar-refractivity contribution in [3.63, 3.8) is 0 Å². The van der Waals surface area contributed by atoms with Crippen LogP contribution >= 0.6 is 34.8 Å². The molecule has 0 N–H and O–H groups in total. The smallest absolute Gasteiger partial charge is 0.212 e. The quantitative estimate of drug-likeness (QED) is 0.424. The zero-order valence-corrected chi connectivity index (χ0v) is 8.02. The second kappa shape index (κ2) is 3.15. The minimum absolute atomic E-state index is 0.198. The van der Waals surface area contributed by atoms with E-state index in [2.05, 4.69) is 4.43 Å². The highest BCUT2D eigenvalue weighted by molar-refractivity contribution is 6.67. The normalized spacial score (nSPS) is 12.4. The summed E-state index contributed by atoms with van der Waals surface area (Å²) in [4.78, 5) is 0. The van der Waals surface area contributed by atoms with Gasteiger partial charge in [-0.2, -0.15) is 0 Å². The standard InChI is InChI=1S/C2H5Cl3OSi/c3-2(4,5)1-6-7/h1H2,7H3. The molecular formula is C2H5Cl3OSi. The van der Waals surface area contributed by atoms with Gasteiger partial charge in [0.2, 0.25) is 3.79 Å². The Bertz CT molecular complexity index is 51.4. The van der Waals surface area contributed by atoms with Gasteiger partial charge in [0.15, 0.2) is 0 Å². The van der Waals surface area contributed by atoms with Crippen molar-refractivity contribution in [3.05, 3.63) is 0 Å². The first-order chi connectivity index (χ1) is 3.06. The number of hydrogen-bond acceptors (Lipinski definition) is 1. The lowest BCUT2D eigenvalue weighted by molar-refractivity contribution is 0.359. The summed E-state index contributed by atoms with van der Waals surface area (Å²) in [6, 6.07) is 0. The third kappa shape index (κ3) is 7.05. The van der Waals surface area contributed by atoms with Crippen LogP contribution in [-0.2, 0) is 4.43 Å². The van der Waals surface area contributed by atoms with Crippen LogP contribution in [0, 0.1) is 0 Å². The first-order valence-corrected chi connectivity index (χ1v) is 3.57. The van der Waals surface area contributed by atoms with Gasteiger partial charge >= 0.3 is 0 Å². The summed E-state index contributed by atoms with van der Waals surface area (Å²) >= 11 is 15.8. The zero-order valence-electron chi connectivity index (χ0n) is 3.75. The van der Waals surface area contributed by atoms with Crippen LogP contribution in [-0.4, -0.2) is 20.9 Å². The molecule has 0 heterocycles. The topological polar surface area (TPSA) is 9.23 Å². The van der Waals surface area contributed by atoms with E-state index in [0.717, 1.165) is 0 Å². The monoisotopic (exact) mass is 178 g/mol. The van der Waals surface area contributed by atoms with Crippen LogP contribution in [0.25, 0.3) is 0 Å². The van der Waals surface area contributed by atoms with E-state index in [1.807, 2.05) is 0 Å². The van der Waals surface area contributed by atoms with Crippen LogP contribution in [0.5, 0.6) is 0 Å².